The fourth-order valence-corrected chi connectivity index (χ4v) is 9.94. The van der Waals surface area contributed by atoms with Crippen LogP contribution in [0.4, 0.5) is 0 Å². The summed E-state index contributed by atoms with van der Waals surface area (Å²) in [6.07, 6.45) is 90.5. The molecule has 0 rings (SSSR count). The highest BCUT2D eigenvalue weighted by atomic mass is 16.6. The minimum atomic E-state index is -0.784. The summed E-state index contributed by atoms with van der Waals surface area (Å²) in [6, 6.07) is 0. The average molecular weight is 1120 g/mol. The molecule has 0 aliphatic carbocycles. The van der Waals surface area contributed by atoms with E-state index in [4.69, 9.17) is 14.2 Å². The third-order valence-electron chi connectivity index (χ3n) is 15.1. The van der Waals surface area contributed by atoms with Crippen LogP contribution in [0.25, 0.3) is 0 Å². The van der Waals surface area contributed by atoms with E-state index in [2.05, 4.69) is 106 Å². The van der Waals surface area contributed by atoms with E-state index in [1.165, 1.54) is 199 Å². The molecule has 0 aromatic heterocycles. The number of unbranched alkanes of at least 4 members (excludes halogenated alkanes) is 38. The second kappa shape index (κ2) is 68.1. The van der Waals surface area contributed by atoms with Crippen LogP contribution in [0, 0.1) is 0 Å². The van der Waals surface area contributed by atoms with Crippen molar-refractivity contribution < 1.29 is 28.6 Å². The summed E-state index contributed by atoms with van der Waals surface area (Å²) in [4.78, 5) is 38.3. The Bertz CT molecular complexity index is 1520. The number of allylic oxidation sites excluding steroid dienone is 14. The topological polar surface area (TPSA) is 78.9 Å². The molecule has 80 heavy (non-hydrogen) atoms. The molecule has 1 unspecified atom stereocenters. The van der Waals surface area contributed by atoms with Gasteiger partial charge in [0, 0.05) is 19.3 Å². The van der Waals surface area contributed by atoms with Crippen molar-refractivity contribution in [2.45, 2.75) is 354 Å². The van der Waals surface area contributed by atoms with Gasteiger partial charge in [0.2, 0.25) is 0 Å². The van der Waals surface area contributed by atoms with Crippen LogP contribution in [0.15, 0.2) is 85.1 Å². The van der Waals surface area contributed by atoms with Gasteiger partial charge in [0.05, 0.1) is 0 Å². The summed E-state index contributed by atoms with van der Waals surface area (Å²) in [5.41, 5.74) is 0. The Morgan fingerprint density at radius 1 is 0.263 bits per heavy atom. The third kappa shape index (κ3) is 65.4. The maximum atomic E-state index is 12.9. The van der Waals surface area contributed by atoms with Crippen LogP contribution in [0.2, 0.25) is 0 Å². The van der Waals surface area contributed by atoms with Crippen molar-refractivity contribution in [2.24, 2.45) is 0 Å². The lowest BCUT2D eigenvalue weighted by Gasteiger charge is -2.18. The monoisotopic (exact) mass is 1110 g/mol. The zero-order valence-electron chi connectivity index (χ0n) is 53.1. The summed E-state index contributed by atoms with van der Waals surface area (Å²) in [5.74, 6) is -0.884. The van der Waals surface area contributed by atoms with E-state index >= 15 is 0 Å². The number of hydrogen-bond donors (Lipinski definition) is 0. The fraction of sp³-hybridized carbons (Fsp3) is 0.770. The molecule has 0 heterocycles. The van der Waals surface area contributed by atoms with Crippen LogP contribution >= 0.6 is 0 Å². The van der Waals surface area contributed by atoms with E-state index in [0.717, 1.165) is 109 Å². The molecule has 0 fully saturated rings. The Labute approximate surface area is 496 Å². The summed E-state index contributed by atoms with van der Waals surface area (Å²) in [6.45, 7) is 6.48. The van der Waals surface area contributed by atoms with Crippen molar-refractivity contribution in [2.75, 3.05) is 13.2 Å². The second-order valence-electron chi connectivity index (χ2n) is 23.1. The summed E-state index contributed by atoms with van der Waals surface area (Å²) in [7, 11) is 0. The number of carbonyl (C=O) groups is 3. The van der Waals surface area contributed by atoms with Gasteiger partial charge in [0.25, 0.3) is 0 Å². The highest BCUT2D eigenvalue weighted by Crippen LogP contribution is 2.17. The van der Waals surface area contributed by atoms with Crippen molar-refractivity contribution in [3.63, 3.8) is 0 Å². The summed E-state index contributed by atoms with van der Waals surface area (Å²) < 4.78 is 16.9. The first-order valence-corrected chi connectivity index (χ1v) is 34.6. The number of carbonyl (C=O) groups excluding carboxylic acids is 3. The molecule has 6 nitrogen and oxygen atoms in total. The first kappa shape index (κ1) is 76.6. The van der Waals surface area contributed by atoms with Gasteiger partial charge in [0.15, 0.2) is 6.10 Å². The molecular weight excluding hydrogens is 985 g/mol. The molecule has 0 saturated heterocycles. The molecule has 0 N–H and O–H groups in total. The molecule has 0 aliphatic rings. The van der Waals surface area contributed by atoms with Crippen molar-refractivity contribution in [1.29, 1.82) is 0 Å². The largest absolute Gasteiger partial charge is 0.462 e. The maximum absolute atomic E-state index is 12.9. The minimum Gasteiger partial charge on any atom is -0.462 e. The molecule has 0 saturated carbocycles. The van der Waals surface area contributed by atoms with Gasteiger partial charge >= 0.3 is 17.9 Å². The fourth-order valence-electron chi connectivity index (χ4n) is 9.94. The quantitative estimate of drug-likeness (QED) is 0.0261. The van der Waals surface area contributed by atoms with Crippen LogP contribution in [0.1, 0.15) is 348 Å². The molecular formula is C74H130O6. The Hall–Kier alpha value is -3.41. The van der Waals surface area contributed by atoms with Crippen LogP contribution in [0.3, 0.4) is 0 Å². The molecule has 0 spiro atoms. The molecule has 1 atom stereocenters. The van der Waals surface area contributed by atoms with Gasteiger partial charge in [-0.1, -0.05) is 305 Å². The van der Waals surface area contributed by atoms with E-state index in [1.54, 1.807) is 0 Å². The lowest BCUT2D eigenvalue weighted by molar-refractivity contribution is -0.167. The van der Waals surface area contributed by atoms with Crippen molar-refractivity contribution in [1.82, 2.24) is 0 Å². The molecule has 462 valence electrons. The maximum Gasteiger partial charge on any atom is 0.306 e. The van der Waals surface area contributed by atoms with Crippen molar-refractivity contribution in [3.8, 4) is 0 Å². The van der Waals surface area contributed by atoms with E-state index < -0.39 is 6.10 Å². The zero-order chi connectivity index (χ0) is 57.8. The lowest BCUT2D eigenvalue weighted by atomic mass is 10.0. The molecule has 0 aromatic rings. The summed E-state index contributed by atoms with van der Waals surface area (Å²) >= 11 is 0. The number of rotatable bonds is 63. The molecule has 6 heteroatoms. The van der Waals surface area contributed by atoms with Gasteiger partial charge in [-0.25, -0.2) is 0 Å². The van der Waals surface area contributed by atoms with E-state index in [1.807, 2.05) is 0 Å². The Morgan fingerprint density at radius 3 is 0.825 bits per heavy atom. The van der Waals surface area contributed by atoms with Gasteiger partial charge < -0.3 is 14.2 Å². The van der Waals surface area contributed by atoms with Crippen LogP contribution < -0.4 is 0 Å². The normalized spacial score (nSPS) is 12.6. The van der Waals surface area contributed by atoms with E-state index in [9.17, 15) is 14.4 Å². The smallest absolute Gasteiger partial charge is 0.306 e. The van der Waals surface area contributed by atoms with Gasteiger partial charge in [-0.2, -0.15) is 0 Å². The second-order valence-corrected chi connectivity index (χ2v) is 23.1. The summed E-state index contributed by atoms with van der Waals surface area (Å²) in [5, 5.41) is 0. The molecule has 0 radical (unpaired) electrons. The predicted octanol–water partition coefficient (Wildman–Crippen LogP) is 23.8. The molecule has 0 aromatic carbocycles. The first-order chi connectivity index (χ1) is 39.5. The highest BCUT2D eigenvalue weighted by molar-refractivity contribution is 5.71. The SMILES string of the molecule is CC/C=C\C/C=C\C/C=C\C/C=C\CCCCCCCCCCC(=O)OC(COC(=O)CCCCCCC/C=C\CCC)COC(=O)CCCCCCCCCCCCCCCCCCCCC/C=C\C/C=C\CCCCCCC. The van der Waals surface area contributed by atoms with Gasteiger partial charge in [-0.3, -0.25) is 14.4 Å². The van der Waals surface area contributed by atoms with Crippen molar-refractivity contribution >= 4 is 17.9 Å². The first-order valence-electron chi connectivity index (χ1n) is 34.6. The molecule has 0 amide bonds. The highest BCUT2D eigenvalue weighted by Gasteiger charge is 2.19. The lowest BCUT2D eigenvalue weighted by Crippen LogP contribution is -2.30. The van der Waals surface area contributed by atoms with Gasteiger partial charge in [-0.05, 0) is 109 Å². The van der Waals surface area contributed by atoms with Crippen LogP contribution in [0.5, 0.6) is 0 Å². The van der Waals surface area contributed by atoms with Crippen molar-refractivity contribution in [3.05, 3.63) is 85.1 Å². The predicted molar refractivity (Wildman–Crippen MR) is 348 cm³/mol. The Kier molecular flexibility index (Phi) is 65.2. The van der Waals surface area contributed by atoms with Gasteiger partial charge in [0.1, 0.15) is 13.2 Å². The Balaban J connectivity index is 4.14. The molecule has 0 bridgehead atoms. The minimum absolute atomic E-state index is 0.0797. The third-order valence-corrected chi connectivity index (χ3v) is 15.1. The zero-order valence-corrected chi connectivity index (χ0v) is 53.1. The van der Waals surface area contributed by atoms with E-state index in [-0.39, 0.29) is 31.1 Å². The Morgan fingerprint density at radius 2 is 0.512 bits per heavy atom. The number of ether oxygens (including phenoxy) is 3. The standard InChI is InChI=1S/C74H130O6/c1-4-7-10-13-16-19-22-24-26-28-30-32-33-34-35-36-37-38-39-40-41-43-44-46-48-50-52-55-58-61-64-67-73(76)79-70-71(69-78-72(75)66-63-60-57-54-21-18-15-12-9-6-3)80-74(77)68-65-62-59-56-53-51-49-47-45-42-31-29-27-25-23-20-17-14-11-8-5-2/h8,11-12,15,17,20,22,24-25,27-28,30-31,42,71H,4-7,9-10,13-14,16,18-19,21,23,26,29,32-41,43-70H2,1-3H3/b11-8-,15-12-,20-17-,24-22-,27-25-,30-28-,42-31-. The van der Waals surface area contributed by atoms with Crippen LogP contribution in [-0.2, 0) is 28.6 Å². The van der Waals surface area contributed by atoms with Crippen LogP contribution in [-0.4, -0.2) is 37.2 Å². The average Bonchev–Trinajstić information content (AvgIpc) is 3.46. The van der Waals surface area contributed by atoms with E-state index in [0.29, 0.717) is 19.3 Å². The number of hydrogen-bond acceptors (Lipinski definition) is 6. The molecule has 0 aliphatic heterocycles. The van der Waals surface area contributed by atoms with Gasteiger partial charge in [-0.15, -0.1) is 0 Å². The number of esters is 3.